The first-order valence-corrected chi connectivity index (χ1v) is 14.1. The fourth-order valence-electron chi connectivity index (χ4n) is 4.17. The molecule has 0 fully saturated rings. The fraction of sp³-hybridized carbons (Fsp3) is 0.118. The van der Waals surface area contributed by atoms with Crippen molar-refractivity contribution in [1.82, 2.24) is 5.32 Å². The lowest BCUT2D eigenvalue weighted by Crippen LogP contribution is -2.42. The molecule has 1 heterocycles. The first kappa shape index (κ1) is 28.0. The Balaban J connectivity index is 1.23. The van der Waals surface area contributed by atoms with E-state index in [1.807, 2.05) is 103 Å². The highest BCUT2D eigenvalue weighted by Gasteiger charge is 2.23. The molecule has 204 valence electrons. The number of amides is 1. The molecule has 5 rings (SSSR count). The minimum absolute atomic E-state index is 0.278. The van der Waals surface area contributed by atoms with Gasteiger partial charge in [0.05, 0.1) is 12.0 Å². The molecule has 1 amide bonds. The highest BCUT2D eigenvalue weighted by Crippen LogP contribution is 2.27. The van der Waals surface area contributed by atoms with Crippen LogP contribution < -0.4 is 10.1 Å². The van der Waals surface area contributed by atoms with Crippen molar-refractivity contribution in [2.24, 2.45) is 0 Å². The summed E-state index contributed by atoms with van der Waals surface area (Å²) >= 11 is 7.30. The van der Waals surface area contributed by atoms with Gasteiger partial charge in [-0.3, -0.25) is 4.79 Å². The molecule has 5 nitrogen and oxygen atoms in total. The van der Waals surface area contributed by atoms with Crippen LogP contribution in [0.15, 0.2) is 103 Å². The number of ether oxygens (including phenoxy) is 2. The third-order valence-electron chi connectivity index (χ3n) is 6.34. The van der Waals surface area contributed by atoms with E-state index in [1.54, 1.807) is 0 Å². The van der Waals surface area contributed by atoms with E-state index in [1.165, 1.54) is 18.4 Å². The molecule has 1 unspecified atom stereocenters. The molecular formula is C34H26ClNO4S. The molecule has 0 saturated heterocycles. The van der Waals surface area contributed by atoms with Crippen LogP contribution in [0.5, 0.6) is 5.75 Å². The van der Waals surface area contributed by atoms with Crippen LogP contribution in [0.4, 0.5) is 0 Å². The van der Waals surface area contributed by atoms with Gasteiger partial charge in [0.25, 0.3) is 5.91 Å². The minimum atomic E-state index is -0.842. The number of methoxy groups -OCH3 is 1. The maximum absolute atomic E-state index is 13.2. The maximum Gasteiger partial charge on any atom is 0.328 e. The van der Waals surface area contributed by atoms with Crippen molar-refractivity contribution < 1.29 is 19.1 Å². The summed E-state index contributed by atoms with van der Waals surface area (Å²) in [5, 5.41) is 4.44. The van der Waals surface area contributed by atoms with Crippen LogP contribution in [0, 0.1) is 11.8 Å². The predicted molar refractivity (Wildman–Crippen MR) is 163 cm³/mol. The van der Waals surface area contributed by atoms with Gasteiger partial charge in [-0.15, -0.1) is 11.3 Å². The van der Waals surface area contributed by atoms with Crippen molar-refractivity contribution in [3.05, 3.63) is 135 Å². The molecule has 7 heteroatoms. The molecule has 0 saturated carbocycles. The molecule has 0 bridgehead atoms. The molecule has 5 aromatic rings. The quantitative estimate of drug-likeness (QED) is 0.158. The summed E-state index contributed by atoms with van der Waals surface area (Å²) in [5.74, 6) is 6.18. The number of hydrogen-bond donors (Lipinski definition) is 1. The van der Waals surface area contributed by atoms with E-state index in [2.05, 4.69) is 17.2 Å². The number of rotatable bonds is 8. The molecule has 0 aliphatic rings. The molecule has 0 radical (unpaired) electrons. The number of nitrogens with one attached hydrogen (secondary N) is 1. The first-order chi connectivity index (χ1) is 20.0. The third-order valence-corrected chi connectivity index (χ3v) is 7.70. The number of halogens is 1. The van der Waals surface area contributed by atoms with Crippen LogP contribution >= 0.6 is 22.9 Å². The predicted octanol–water partition coefficient (Wildman–Crippen LogP) is 7.05. The van der Waals surface area contributed by atoms with Gasteiger partial charge < -0.3 is 14.8 Å². The molecule has 1 aromatic heterocycles. The fourth-order valence-corrected chi connectivity index (χ4v) is 5.24. The normalized spacial score (nSPS) is 11.3. The Morgan fingerprint density at radius 2 is 1.56 bits per heavy atom. The van der Waals surface area contributed by atoms with E-state index < -0.39 is 12.0 Å². The molecule has 0 aliphatic heterocycles. The second-order valence-corrected chi connectivity index (χ2v) is 10.8. The minimum Gasteiger partial charge on any atom is -0.489 e. The molecule has 1 atom stereocenters. The van der Waals surface area contributed by atoms with Crippen LogP contribution in [0.2, 0.25) is 5.02 Å². The second kappa shape index (κ2) is 13.2. The molecule has 0 spiro atoms. The van der Waals surface area contributed by atoms with Crippen molar-refractivity contribution >= 4 is 44.9 Å². The number of thiophene rings is 1. The number of carbonyl (C=O) groups is 2. The highest BCUT2D eigenvalue weighted by atomic mass is 35.5. The molecule has 4 aromatic carbocycles. The second-order valence-electron chi connectivity index (χ2n) is 9.29. The topological polar surface area (TPSA) is 64.6 Å². The van der Waals surface area contributed by atoms with Gasteiger partial charge in [0, 0.05) is 27.3 Å². The van der Waals surface area contributed by atoms with Crippen molar-refractivity contribution in [2.75, 3.05) is 7.11 Å². The molecule has 41 heavy (non-hydrogen) atoms. The lowest BCUT2D eigenvalue weighted by molar-refractivity contribution is -0.142. The standard InChI is InChI=1S/C34H26ClNO4S/c1-39-34(38)30(20-25-11-16-29(17-12-25)40-22-26-9-14-28(35)15-10-26)36-33(37)32-21-27-19-24(13-18-31(27)41-32)8-7-23-5-3-2-4-6-23/h2-6,9-19,21,30H,20,22H2,1H3,(H,36,37). The van der Waals surface area contributed by atoms with Crippen molar-refractivity contribution in [3.63, 3.8) is 0 Å². The lowest BCUT2D eigenvalue weighted by Gasteiger charge is -2.16. The Labute approximate surface area is 247 Å². The van der Waals surface area contributed by atoms with E-state index in [4.69, 9.17) is 21.1 Å². The van der Waals surface area contributed by atoms with Gasteiger partial charge in [-0.2, -0.15) is 0 Å². The van der Waals surface area contributed by atoms with E-state index >= 15 is 0 Å². The van der Waals surface area contributed by atoms with Crippen LogP contribution in [0.3, 0.4) is 0 Å². The third kappa shape index (κ3) is 7.55. The number of fused-ring (bicyclic) bond motifs is 1. The number of hydrogen-bond acceptors (Lipinski definition) is 5. The van der Waals surface area contributed by atoms with Gasteiger partial charge in [-0.1, -0.05) is 65.9 Å². The molecular weight excluding hydrogens is 554 g/mol. The zero-order valence-corrected chi connectivity index (χ0v) is 23.8. The Bertz CT molecular complexity index is 1720. The number of benzene rings is 4. The maximum atomic E-state index is 13.2. The van der Waals surface area contributed by atoms with Crippen molar-refractivity contribution in [2.45, 2.75) is 19.1 Å². The van der Waals surface area contributed by atoms with Gasteiger partial charge in [0.2, 0.25) is 0 Å². The summed E-state index contributed by atoms with van der Waals surface area (Å²) in [5.41, 5.74) is 3.66. The molecule has 1 N–H and O–H groups in total. The van der Waals surface area contributed by atoms with Crippen LogP contribution in [0.25, 0.3) is 10.1 Å². The highest BCUT2D eigenvalue weighted by molar-refractivity contribution is 7.20. The summed E-state index contributed by atoms with van der Waals surface area (Å²) in [7, 11) is 1.31. The van der Waals surface area contributed by atoms with Crippen molar-refractivity contribution in [3.8, 4) is 17.6 Å². The van der Waals surface area contributed by atoms with Gasteiger partial charge in [-0.25, -0.2) is 4.79 Å². The van der Waals surface area contributed by atoms with E-state index in [9.17, 15) is 9.59 Å². The van der Waals surface area contributed by atoms with Crippen LogP contribution in [-0.2, 0) is 22.6 Å². The Morgan fingerprint density at radius 1 is 0.854 bits per heavy atom. The Kier molecular flexibility index (Phi) is 9.00. The van der Waals surface area contributed by atoms with Gasteiger partial charge in [0.1, 0.15) is 18.4 Å². The summed E-state index contributed by atoms with van der Waals surface area (Å²) in [6.45, 7) is 0.410. The van der Waals surface area contributed by atoms with Gasteiger partial charge >= 0.3 is 5.97 Å². The average Bonchev–Trinajstić information content (AvgIpc) is 3.44. The summed E-state index contributed by atoms with van der Waals surface area (Å²) in [6.07, 6.45) is 0.278. The van der Waals surface area contributed by atoms with Crippen LogP contribution in [-0.4, -0.2) is 25.0 Å². The lowest BCUT2D eigenvalue weighted by atomic mass is 10.1. The van der Waals surface area contributed by atoms with Crippen LogP contribution in [0.1, 0.15) is 31.9 Å². The molecule has 0 aliphatic carbocycles. The van der Waals surface area contributed by atoms with E-state index in [0.717, 1.165) is 32.3 Å². The zero-order chi connectivity index (χ0) is 28.6. The van der Waals surface area contributed by atoms with E-state index in [0.29, 0.717) is 22.3 Å². The summed E-state index contributed by atoms with van der Waals surface area (Å²) in [4.78, 5) is 26.2. The SMILES string of the molecule is COC(=O)C(Cc1ccc(OCc2ccc(Cl)cc2)cc1)NC(=O)c1cc2cc(C#Cc3ccccc3)ccc2s1. The number of esters is 1. The first-order valence-electron chi connectivity index (χ1n) is 12.9. The average molecular weight is 580 g/mol. The monoisotopic (exact) mass is 579 g/mol. The van der Waals surface area contributed by atoms with Gasteiger partial charge in [0.15, 0.2) is 0 Å². The van der Waals surface area contributed by atoms with Gasteiger partial charge in [-0.05, 0) is 77.2 Å². The number of carbonyl (C=O) groups excluding carboxylic acids is 2. The Morgan fingerprint density at radius 3 is 2.29 bits per heavy atom. The smallest absolute Gasteiger partial charge is 0.328 e. The zero-order valence-electron chi connectivity index (χ0n) is 22.2. The largest absolute Gasteiger partial charge is 0.489 e. The Hall–Kier alpha value is -4.57. The summed E-state index contributed by atoms with van der Waals surface area (Å²) < 4.78 is 11.8. The van der Waals surface area contributed by atoms with Crippen molar-refractivity contribution in [1.29, 1.82) is 0 Å². The van der Waals surface area contributed by atoms with E-state index in [-0.39, 0.29) is 12.3 Å². The summed E-state index contributed by atoms with van der Waals surface area (Å²) in [6, 6.07) is 31.5.